The fourth-order valence-electron chi connectivity index (χ4n) is 2.66. The molecule has 1 saturated heterocycles. The number of aromatic nitrogens is 1. The number of nitrogens with zero attached hydrogens (tertiary/aromatic N) is 2. The molecule has 1 aliphatic heterocycles. The highest BCUT2D eigenvalue weighted by Gasteiger charge is 2.22. The molecular formula is C16H22N4OS2. The first kappa shape index (κ1) is 16.4. The molecule has 1 fully saturated rings. The van der Waals surface area contributed by atoms with Gasteiger partial charge in [-0.3, -0.25) is 4.72 Å². The zero-order valence-corrected chi connectivity index (χ0v) is 15.3. The number of benzene rings is 1. The topological polar surface area (TPSA) is 71.2 Å². The maximum absolute atomic E-state index is 11.1. The summed E-state index contributed by atoms with van der Waals surface area (Å²) in [6.07, 6.45) is 2.41. The van der Waals surface area contributed by atoms with Crippen molar-refractivity contribution in [3.8, 4) is 0 Å². The molecule has 23 heavy (non-hydrogen) atoms. The molecule has 0 unspecified atom stereocenters. The summed E-state index contributed by atoms with van der Waals surface area (Å²) >= 11 is 3.00. The average Bonchev–Trinajstić information content (AvgIpc) is 3.11. The number of primary amides is 1. The van der Waals surface area contributed by atoms with Crippen LogP contribution in [0.3, 0.4) is 0 Å². The summed E-state index contributed by atoms with van der Waals surface area (Å²) < 4.78 is 3.79. The summed E-state index contributed by atoms with van der Waals surface area (Å²) in [5.74, 6) is 0. The lowest BCUT2D eigenvalue weighted by molar-refractivity contribution is 0.254. The Kier molecular flexibility index (Phi) is 4.42. The van der Waals surface area contributed by atoms with Crippen molar-refractivity contribution in [3.63, 3.8) is 0 Å². The maximum atomic E-state index is 11.1. The number of nitrogens with one attached hydrogen (secondary N) is 1. The Hall–Kier alpha value is -1.47. The van der Waals surface area contributed by atoms with E-state index in [2.05, 4.69) is 42.5 Å². The van der Waals surface area contributed by atoms with Gasteiger partial charge >= 0.3 is 6.03 Å². The molecule has 124 valence electrons. The normalized spacial score (nSPS) is 15.3. The van der Waals surface area contributed by atoms with Crippen molar-refractivity contribution >= 4 is 45.2 Å². The van der Waals surface area contributed by atoms with Crippen LogP contribution in [0.15, 0.2) is 17.0 Å². The highest BCUT2D eigenvalue weighted by molar-refractivity contribution is 7.98. The van der Waals surface area contributed by atoms with Gasteiger partial charge in [-0.2, -0.15) is 0 Å². The van der Waals surface area contributed by atoms with Crippen LogP contribution in [0.4, 0.5) is 10.5 Å². The second kappa shape index (κ2) is 6.20. The highest BCUT2D eigenvalue weighted by atomic mass is 32.2. The van der Waals surface area contributed by atoms with Gasteiger partial charge in [0.2, 0.25) is 0 Å². The number of thiazole rings is 1. The van der Waals surface area contributed by atoms with Crippen molar-refractivity contribution in [1.29, 1.82) is 0 Å². The molecule has 2 amide bonds. The fraction of sp³-hybridized carbons (Fsp3) is 0.500. The van der Waals surface area contributed by atoms with Gasteiger partial charge in [0.25, 0.3) is 0 Å². The lowest BCUT2D eigenvalue weighted by Crippen LogP contribution is -2.24. The number of fused-ring (bicyclic) bond motifs is 1. The number of hydrogen-bond acceptors (Lipinski definition) is 5. The molecule has 1 aromatic heterocycles. The first-order chi connectivity index (χ1) is 10.8. The predicted molar refractivity (Wildman–Crippen MR) is 98.3 cm³/mol. The smallest absolute Gasteiger partial charge is 0.322 e. The lowest BCUT2D eigenvalue weighted by atomic mass is 9.98. The van der Waals surface area contributed by atoms with Crippen molar-refractivity contribution in [2.45, 2.75) is 43.9 Å². The van der Waals surface area contributed by atoms with E-state index in [4.69, 9.17) is 10.7 Å². The molecule has 2 aromatic rings. The molecule has 1 aromatic carbocycles. The van der Waals surface area contributed by atoms with E-state index in [9.17, 15) is 4.79 Å². The number of amides is 2. The van der Waals surface area contributed by atoms with Crippen LogP contribution in [-0.2, 0) is 5.41 Å². The summed E-state index contributed by atoms with van der Waals surface area (Å²) in [7, 11) is 0. The third-order valence-electron chi connectivity index (χ3n) is 3.82. The minimum absolute atomic E-state index is 0.0380. The molecule has 1 aliphatic rings. The molecule has 3 N–H and O–H groups in total. The molecule has 7 heteroatoms. The standard InChI is InChI=1S/C16H22N4OS2/c1-16(2,3)14-18-10-8-11(20-6-4-5-7-20)13(9-12(10)22-14)23-19-15(17)21/h8-9H,4-7H2,1-3H3,(H3,17,19,21). The van der Waals surface area contributed by atoms with Crippen molar-refractivity contribution in [3.05, 3.63) is 17.1 Å². The van der Waals surface area contributed by atoms with Crippen LogP contribution < -0.4 is 15.4 Å². The van der Waals surface area contributed by atoms with Crippen molar-refractivity contribution in [1.82, 2.24) is 9.71 Å². The van der Waals surface area contributed by atoms with Crippen LogP contribution in [0.25, 0.3) is 10.2 Å². The molecule has 0 aliphatic carbocycles. The summed E-state index contributed by atoms with van der Waals surface area (Å²) in [5.41, 5.74) is 7.43. The van der Waals surface area contributed by atoms with Gasteiger partial charge in [-0.15, -0.1) is 11.3 Å². The molecule has 0 spiro atoms. The van der Waals surface area contributed by atoms with Crippen LogP contribution >= 0.6 is 23.3 Å². The summed E-state index contributed by atoms with van der Waals surface area (Å²) in [6, 6.07) is 3.75. The third-order valence-corrected chi connectivity index (χ3v) is 6.11. The van der Waals surface area contributed by atoms with Gasteiger partial charge in [-0.1, -0.05) is 20.8 Å². The monoisotopic (exact) mass is 350 g/mol. The number of hydrogen-bond donors (Lipinski definition) is 2. The van der Waals surface area contributed by atoms with E-state index in [-0.39, 0.29) is 5.41 Å². The Morgan fingerprint density at radius 3 is 2.65 bits per heavy atom. The van der Waals surface area contributed by atoms with Crippen LogP contribution in [-0.4, -0.2) is 24.1 Å². The molecule has 0 saturated carbocycles. The Bertz CT molecular complexity index is 729. The van der Waals surface area contributed by atoms with Crippen molar-refractivity contribution in [2.75, 3.05) is 18.0 Å². The van der Waals surface area contributed by atoms with Crippen LogP contribution in [0.5, 0.6) is 0 Å². The number of carbonyl (C=O) groups is 1. The quantitative estimate of drug-likeness (QED) is 0.824. The second-order valence-electron chi connectivity index (χ2n) is 6.82. The molecule has 2 heterocycles. The predicted octanol–water partition coefficient (Wildman–Crippen LogP) is 3.87. The SMILES string of the molecule is CC(C)(C)c1nc2cc(N3CCCC3)c(SNC(N)=O)cc2s1. The van der Waals surface area contributed by atoms with E-state index in [1.165, 1.54) is 24.8 Å². The Balaban J connectivity index is 2.05. The van der Waals surface area contributed by atoms with Gasteiger partial charge < -0.3 is 10.6 Å². The number of rotatable bonds is 3. The average molecular weight is 351 g/mol. The molecule has 5 nitrogen and oxygen atoms in total. The number of anilines is 1. The summed E-state index contributed by atoms with van der Waals surface area (Å²) in [6.45, 7) is 8.63. The first-order valence-electron chi connectivity index (χ1n) is 7.77. The minimum Gasteiger partial charge on any atom is -0.371 e. The zero-order chi connectivity index (χ0) is 16.6. The van der Waals surface area contributed by atoms with Gasteiger partial charge in [-0.25, -0.2) is 9.78 Å². The Morgan fingerprint density at radius 1 is 1.35 bits per heavy atom. The van der Waals surface area contributed by atoms with E-state index >= 15 is 0 Å². The van der Waals surface area contributed by atoms with E-state index in [1.807, 2.05) is 0 Å². The lowest BCUT2D eigenvalue weighted by Gasteiger charge is -2.20. The Morgan fingerprint density at radius 2 is 2.04 bits per heavy atom. The summed E-state index contributed by atoms with van der Waals surface area (Å²) in [4.78, 5) is 19.3. The zero-order valence-electron chi connectivity index (χ0n) is 13.7. The van der Waals surface area contributed by atoms with Crippen LogP contribution in [0, 0.1) is 0 Å². The van der Waals surface area contributed by atoms with Gasteiger partial charge in [0.1, 0.15) is 0 Å². The largest absolute Gasteiger partial charge is 0.371 e. The fourth-order valence-corrected chi connectivity index (χ4v) is 4.46. The molecule has 0 bridgehead atoms. The van der Waals surface area contributed by atoms with Crippen LogP contribution in [0.2, 0.25) is 0 Å². The van der Waals surface area contributed by atoms with Gasteiger partial charge in [-0.05, 0) is 36.9 Å². The van der Waals surface area contributed by atoms with Gasteiger partial charge in [0, 0.05) is 18.5 Å². The van der Waals surface area contributed by atoms with E-state index in [0.29, 0.717) is 0 Å². The van der Waals surface area contributed by atoms with E-state index < -0.39 is 6.03 Å². The van der Waals surface area contributed by atoms with E-state index in [1.54, 1.807) is 11.3 Å². The number of carbonyl (C=O) groups excluding carboxylic acids is 1. The van der Waals surface area contributed by atoms with Crippen molar-refractivity contribution < 1.29 is 4.79 Å². The molecule has 0 radical (unpaired) electrons. The number of urea groups is 1. The van der Waals surface area contributed by atoms with E-state index in [0.717, 1.165) is 38.9 Å². The van der Waals surface area contributed by atoms with Crippen molar-refractivity contribution in [2.24, 2.45) is 5.73 Å². The summed E-state index contributed by atoms with van der Waals surface area (Å²) in [5, 5.41) is 1.13. The number of nitrogens with two attached hydrogens (primary N) is 1. The minimum atomic E-state index is -0.526. The maximum Gasteiger partial charge on any atom is 0.322 e. The first-order valence-corrected chi connectivity index (χ1v) is 9.40. The van der Waals surface area contributed by atoms with Gasteiger partial charge in [0.15, 0.2) is 0 Å². The highest BCUT2D eigenvalue weighted by Crippen LogP contribution is 2.38. The molecule has 3 rings (SSSR count). The Labute approximate surface area is 144 Å². The molecule has 0 atom stereocenters. The third kappa shape index (κ3) is 3.55. The van der Waals surface area contributed by atoms with Gasteiger partial charge in [0.05, 0.1) is 25.8 Å². The second-order valence-corrected chi connectivity index (χ2v) is 8.70. The van der Waals surface area contributed by atoms with Crippen LogP contribution in [0.1, 0.15) is 38.6 Å². The molecular weight excluding hydrogens is 328 g/mol.